The molecule has 3 rings (SSSR count). The van der Waals surface area contributed by atoms with Gasteiger partial charge >= 0.3 is 0 Å². The summed E-state index contributed by atoms with van der Waals surface area (Å²) in [6.45, 7) is 0. The fourth-order valence-electron chi connectivity index (χ4n) is 4.41. The predicted molar refractivity (Wildman–Crippen MR) is 60.7 cm³/mol. The Kier molecular flexibility index (Phi) is 2.38. The molecule has 2 bridgehead atoms. The van der Waals surface area contributed by atoms with Gasteiger partial charge in [0.15, 0.2) is 0 Å². The third-order valence-electron chi connectivity index (χ3n) is 5.55. The van der Waals surface area contributed by atoms with E-state index < -0.39 is 17.1 Å². The maximum Gasteiger partial charge on any atom is 0.248 e. The number of halogens is 2. The second kappa shape index (κ2) is 3.41. The van der Waals surface area contributed by atoms with Crippen molar-refractivity contribution in [2.45, 2.75) is 68.4 Å². The van der Waals surface area contributed by atoms with Crippen molar-refractivity contribution >= 4 is 0 Å². The van der Waals surface area contributed by atoms with Crippen LogP contribution >= 0.6 is 0 Å². The number of fused-ring (bicyclic) bond motifs is 2. The van der Waals surface area contributed by atoms with Crippen molar-refractivity contribution in [3.63, 3.8) is 0 Å². The molecular weight excluding hydrogens is 224 g/mol. The molecule has 0 amide bonds. The summed E-state index contributed by atoms with van der Waals surface area (Å²) in [5, 5.41) is 10.9. The highest BCUT2D eigenvalue weighted by Crippen LogP contribution is 2.57. The predicted octanol–water partition coefficient (Wildman–Crippen LogP) is 2.44. The van der Waals surface area contributed by atoms with Crippen LogP contribution in [-0.2, 0) is 0 Å². The van der Waals surface area contributed by atoms with Crippen molar-refractivity contribution in [1.29, 1.82) is 0 Å². The molecule has 3 saturated carbocycles. The normalized spacial score (nSPS) is 47.3. The van der Waals surface area contributed by atoms with Gasteiger partial charge in [0.25, 0.3) is 0 Å². The molecule has 0 saturated heterocycles. The molecule has 98 valence electrons. The number of nitrogens with two attached hydrogens (primary N) is 1. The Labute approximate surface area is 101 Å². The monoisotopic (exact) mass is 245 g/mol. The summed E-state index contributed by atoms with van der Waals surface area (Å²) in [6, 6.07) is 0. The Hall–Kier alpha value is -0.220. The first kappa shape index (κ1) is 11.8. The Morgan fingerprint density at radius 1 is 1.06 bits per heavy atom. The van der Waals surface area contributed by atoms with Crippen LogP contribution in [0.1, 0.15) is 51.4 Å². The molecule has 3 atom stereocenters. The smallest absolute Gasteiger partial charge is 0.248 e. The summed E-state index contributed by atoms with van der Waals surface area (Å²) in [5.41, 5.74) is 4.68. The van der Waals surface area contributed by atoms with E-state index in [-0.39, 0.29) is 31.6 Å². The van der Waals surface area contributed by atoms with Crippen LogP contribution in [-0.4, -0.2) is 22.2 Å². The summed E-state index contributed by atoms with van der Waals surface area (Å²) in [6.07, 6.45) is 4.19. The lowest BCUT2D eigenvalue weighted by molar-refractivity contribution is -0.128. The van der Waals surface area contributed by atoms with Gasteiger partial charge in [0, 0.05) is 18.4 Å². The van der Waals surface area contributed by atoms with Gasteiger partial charge in [0.1, 0.15) is 0 Å². The molecule has 0 aromatic heterocycles. The lowest BCUT2D eigenvalue weighted by Gasteiger charge is -2.50. The van der Waals surface area contributed by atoms with Crippen LogP contribution in [0.15, 0.2) is 0 Å². The fraction of sp³-hybridized carbons (Fsp3) is 1.00. The molecule has 0 aliphatic heterocycles. The number of hydrogen-bond acceptors (Lipinski definition) is 2. The third kappa shape index (κ3) is 1.64. The molecule has 17 heavy (non-hydrogen) atoms. The van der Waals surface area contributed by atoms with E-state index in [9.17, 15) is 13.9 Å². The second-order valence-corrected chi connectivity index (χ2v) is 6.52. The SMILES string of the molecule is NC1(C2(O)CC3CCC2C3)CCC(F)(F)CC1. The maximum absolute atomic E-state index is 13.2. The average Bonchev–Trinajstić information content (AvgIpc) is 2.83. The molecule has 4 heteroatoms. The van der Waals surface area contributed by atoms with Crippen LogP contribution < -0.4 is 5.73 Å². The largest absolute Gasteiger partial charge is 0.388 e. The van der Waals surface area contributed by atoms with E-state index in [1.165, 1.54) is 6.42 Å². The fourth-order valence-corrected chi connectivity index (χ4v) is 4.41. The van der Waals surface area contributed by atoms with E-state index >= 15 is 0 Å². The minimum Gasteiger partial charge on any atom is -0.388 e. The zero-order valence-corrected chi connectivity index (χ0v) is 10.1. The van der Waals surface area contributed by atoms with Gasteiger partial charge in [0.05, 0.1) is 5.60 Å². The lowest BCUT2D eigenvalue weighted by Crippen LogP contribution is -2.65. The first-order valence-electron chi connectivity index (χ1n) is 6.74. The summed E-state index contributed by atoms with van der Waals surface area (Å²) in [5.74, 6) is -1.74. The Bertz CT molecular complexity index is 323. The molecule has 3 aliphatic carbocycles. The van der Waals surface area contributed by atoms with Gasteiger partial charge < -0.3 is 10.8 Å². The molecule has 0 radical (unpaired) electrons. The van der Waals surface area contributed by atoms with Crippen LogP contribution in [0.2, 0.25) is 0 Å². The highest BCUT2D eigenvalue weighted by molar-refractivity contribution is 5.15. The Morgan fingerprint density at radius 2 is 1.71 bits per heavy atom. The molecule has 3 N–H and O–H groups in total. The molecule has 0 heterocycles. The maximum atomic E-state index is 13.2. The van der Waals surface area contributed by atoms with E-state index in [2.05, 4.69) is 0 Å². The van der Waals surface area contributed by atoms with Crippen LogP contribution in [0.3, 0.4) is 0 Å². The van der Waals surface area contributed by atoms with Crippen LogP contribution in [0.5, 0.6) is 0 Å². The number of rotatable bonds is 1. The Morgan fingerprint density at radius 3 is 2.18 bits per heavy atom. The van der Waals surface area contributed by atoms with E-state index in [0.29, 0.717) is 5.92 Å². The van der Waals surface area contributed by atoms with Gasteiger partial charge in [-0.2, -0.15) is 0 Å². The van der Waals surface area contributed by atoms with Crippen molar-refractivity contribution in [3.05, 3.63) is 0 Å². The summed E-state index contributed by atoms with van der Waals surface area (Å²) in [7, 11) is 0. The van der Waals surface area contributed by atoms with Gasteiger partial charge in [-0.1, -0.05) is 0 Å². The first-order valence-corrected chi connectivity index (χ1v) is 6.74. The van der Waals surface area contributed by atoms with Crippen molar-refractivity contribution in [2.75, 3.05) is 0 Å². The third-order valence-corrected chi connectivity index (χ3v) is 5.55. The highest BCUT2D eigenvalue weighted by atomic mass is 19.3. The van der Waals surface area contributed by atoms with Crippen molar-refractivity contribution in [1.82, 2.24) is 0 Å². The lowest BCUT2D eigenvalue weighted by atomic mass is 9.63. The second-order valence-electron chi connectivity index (χ2n) is 6.52. The summed E-state index contributed by atoms with van der Waals surface area (Å²) in [4.78, 5) is 0. The van der Waals surface area contributed by atoms with Gasteiger partial charge in [-0.05, 0) is 50.4 Å². The molecule has 2 nitrogen and oxygen atoms in total. The van der Waals surface area contributed by atoms with Gasteiger partial charge in [-0.3, -0.25) is 0 Å². The summed E-state index contributed by atoms with van der Waals surface area (Å²) < 4.78 is 26.4. The van der Waals surface area contributed by atoms with Gasteiger partial charge in [-0.15, -0.1) is 0 Å². The van der Waals surface area contributed by atoms with Crippen LogP contribution in [0, 0.1) is 11.8 Å². The Balaban J connectivity index is 1.80. The topological polar surface area (TPSA) is 46.2 Å². The minimum absolute atomic E-state index is 0.163. The van der Waals surface area contributed by atoms with E-state index in [0.717, 1.165) is 19.3 Å². The molecular formula is C13H21F2NO. The highest BCUT2D eigenvalue weighted by Gasteiger charge is 2.61. The average molecular weight is 245 g/mol. The molecule has 3 aliphatic rings. The van der Waals surface area contributed by atoms with Gasteiger partial charge in [0.2, 0.25) is 5.92 Å². The van der Waals surface area contributed by atoms with Gasteiger partial charge in [-0.25, -0.2) is 8.78 Å². The van der Waals surface area contributed by atoms with Crippen molar-refractivity contribution < 1.29 is 13.9 Å². The molecule has 0 aromatic carbocycles. The number of hydrogen-bond donors (Lipinski definition) is 2. The van der Waals surface area contributed by atoms with E-state index in [1.807, 2.05) is 0 Å². The van der Waals surface area contributed by atoms with E-state index in [1.54, 1.807) is 0 Å². The zero-order chi connectivity index (χ0) is 12.3. The zero-order valence-electron chi connectivity index (χ0n) is 10.1. The van der Waals surface area contributed by atoms with Crippen molar-refractivity contribution in [3.8, 4) is 0 Å². The minimum atomic E-state index is -2.57. The van der Waals surface area contributed by atoms with Crippen LogP contribution in [0.25, 0.3) is 0 Å². The standard InChI is InChI=1S/C13H21F2NO/c14-12(15)5-3-11(16,4-6-12)13(17)8-9-1-2-10(13)7-9/h9-10,17H,1-8,16H2. The van der Waals surface area contributed by atoms with Crippen molar-refractivity contribution in [2.24, 2.45) is 17.6 Å². The molecule has 0 aromatic rings. The number of aliphatic hydroxyl groups is 1. The molecule has 3 fully saturated rings. The number of alkyl halides is 2. The first-order chi connectivity index (χ1) is 7.85. The van der Waals surface area contributed by atoms with E-state index in [4.69, 9.17) is 5.73 Å². The van der Waals surface area contributed by atoms with Crippen LogP contribution in [0.4, 0.5) is 8.78 Å². The molecule has 0 spiro atoms. The summed E-state index contributed by atoms with van der Waals surface area (Å²) >= 11 is 0. The molecule has 3 unspecified atom stereocenters. The quantitative estimate of drug-likeness (QED) is 0.745.